The molecule has 6 aliphatic carbocycles. The maximum absolute atomic E-state index is 15.3. The highest BCUT2D eigenvalue weighted by atomic mass is 16.7. The first kappa shape index (κ1) is 94.0. The Morgan fingerprint density at radius 3 is 1.49 bits per heavy atom. The van der Waals surface area contributed by atoms with E-state index in [1.165, 1.54) is 30.9 Å². The molecule has 0 spiro atoms. The van der Waals surface area contributed by atoms with Crippen LogP contribution >= 0.6 is 0 Å². The second-order valence-corrected chi connectivity index (χ2v) is 37.6. The lowest BCUT2D eigenvalue weighted by atomic mass is 9.43. The number of ketones is 2. The summed E-state index contributed by atoms with van der Waals surface area (Å²) >= 11 is 0. The molecule has 3 saturated heterocycles. The molecule has 4 aromatic rings. The molecule has 32 heteroatoms. The van der Waals surface area contributed by atoms with E-state index in [0.717, 1.165) is 36.8 Å². The number of esters is 6. The molecule has 3 amide bonds. The molecule has 13 rings (SSSR count). The van der Waals surface area contributed by atoms with E-state index in [-0.39, 0.29) is 85.7 Å². The van der Waals surface area contributed by atoms with E-state index in [9.17, 15) is 78.5 Å². The van der Waals surface area contributed by atoms with Crippen LogP contribution in [0.2, 0.25) is 0 Å². The summed E-state index contributed by atoms with van der Waals surface area (Å²) in [4.78, 5) is 172. The van der Waals surface area contributed by atoms with E-state index in [1.54, 1.807) is 159 Å². The molecule has 4 aromatic carbocycles. The van der Waals surface area contributed by atoms with Crippen molar-refractivity contribution in [3.8, 4) is 0 Å². The maximum atomic E-state index is 15.3. The fourth-order valence-corrected chi connectivity index (χ4v) is 20.7. The van der Waals surface area contributed by atoms with Crippen molar-refractivity contribution in [1.29, 1.82) is 0 Å². The van der Waals surface area contributed by atoms with Gasteiger partial charge in [-0.05, 0) is 133 Å². The summed E-state index contributed by atoms with van der Waals surface area (Å²) in [5.74, 6) is -11.8. The van der Waals surface area contributed by atoms with E-state index in [0.29, 0.717) is 22.3 Å². The van der Waals surface area contributed by atoms with Crippen LogP contribution in [-0.4, -0.2) is 204 Å². The van der Waals surface area contributed by atoms with Crippen LogP contribution in [0.5, 0.6) is 0 Å². The van der Waals surface area contributed by atoms with Gasteiger partial charge in [0.1, 0.15) is 70.6 Å². The number of non-ortho nitro benzene ring substituents is 1. The van der Waals surface area contributed by atoms with Gasteiger partial charge in [0.2, 0.25) is 5.91 Å². The number of rotatable bonds is 14. The highest BCUT2D eigenvalue weighted by molar-refractivity contribution is 6.00. The molecule has 124 heavy (non-hydrogen) atoms. The van der Waals surface area contributed by atoms with E-state index >= 15 is 9.59 Å². The SMILES string of the molecule is CC(=O)O[C@@]12CO[C@@H]1C[C@H](O)[C@@]1(C)C(=O)[C@H](C)C3=C(C)[C@@H](OC(=O)[C@H](C)CNC(=O)OC(C)(C)C)C[C@@](O)([C@@H](OC(=O)c4ccccc4)C12)C3(C)C.CC(=O)O[C@@]12CO[C@@H]1C[C@H](OC(=O)OC(=O)c1ccc([N+](=O)[O-])cc1)[C@@]1(C)C(=O)[C@H](C)C3=C(C)[C@@H](O)C[C@@](O)([C@@H](OC(=O)c4ccccc4)C12)C3(C)C.C[C@H]1C(=O)N(C(=O)OC(C)(C)C)[C@H]1c1ccccc1. The molecule has 0 aromatic heterocycles. The van der Waals surface area contributed by atoms with E-state index in [2.05, 4.69) is 5.32 Å². The lowest BCUT2D eigenvalue weighted by Gasteiger charge is -2.67. The molecule has 3 heterocycles. The number of carbonyl (C=O) groups excluding carboxylic acids is 12. The number of imide groups is 1. The molecule has 670 valence electrons. The highest BCUT2D eigenvalue weighted by Crippen LogP contribution is 2.68. The van der Waals surface area contributed by atoms with Gasteiger partial charge in [-0.1, -0.05) is 122 Å². The number of aliphatic hydroxyl groups is 4. The van der Waals surface area contributed by atoms with Crippen molar-refractivity contribution < 1.29 is 135 Å². The van der Waals surface area contributed by atoms with Crippen LogP contribution in [0.15, 0.2) is 138 Å². The minimum absolute atomic E-state index is 0.0343. The second-order valence-electron chi connectivity index (χ2n) is 37.6. The normalized spacial score (nSPS) is 33.1. The van der Waals surface area contributed by atoms with Gasteiger partial charge >= 0.3 is 54.2 Å². The van der Waals surface area contributed by atoms with Gasteiger partial charge in [-0.15, -0.1) is 0 Å². The number of hydrogen-bond donors (Lipinski definition) is 5. The zero-order chi connectivity index (χ0) is 91.8. The van der Waals surface area contributed by atoms with Crippen LogP contribution < -0.4 is 5.32 Å². The smallest absolute Gasteiger partial charge is 0.457 e. The standard InChI is InChI=1S/C39H53NO12.C38H41NO14.C15H19NO3/c1-20(18-40-34(46)52-35(5,6)7)32(44)49-25-17-39(47)31(50-33(45)24-14-12-11-13-15-24)29-37(10,30(43)22(3)28(21(25)2)36(39,8)9)26(42)16-27-38(29,19-48-27)51-23(4)41;1-19-25(41)17-38(46)31(51-32(43)22-10-8-7-9-11-22)29-36(6,30(42)20(2)28(19)35(38,4)5)26(16-27-37(29,18-49-27)53-21(3)40)50-34(45)52-33(44)23-12-14-24(15-13-23)39(47)48;1-10-12(11-8-6-5-7-9-11)16(13(10)17)14(18)19-15(2,3)4/h11-15,20,22,25-27,29,31,42,47H,16-19H2,1-10H3,(H,40,46);7-15,20,25-27,29,31,41,46H,16-18H2,1-6H3;5-10,12H,1-4H3/t20-,22-,25+,26+,27-,29?,31+,37-,38+,39-;20-,25+,26+,27-,29?,31+,36-,37+,38-;10-,12-/m111/s1. The van der Waals surface area contributed by atoms with Gasteiger partial charge in [0.15, 0.2) is 11.2 Å². The number of β-lactam (4-membered cyclic amide) rings is 1. The number of Topliss-reactive ketones (excluding diaryl/α,β-unsaturated/α-hetero) is 2. The monoisotopic (exact) mass is 1720 g/mol. The van der Waals surface area contributed by atoms with Gasteiger partial charge in [0.25, 0.3) is 5.69 Å². The number of amides is 3. The molecule has 9 aliphatic rings. The fourth-order valence-electron chi connectivity index (χ4n) is 20.7. The Labute approximate surface area is 718 Å². The first-order valence-electron chi connectivity index (χ1n) is 41.5. The molecule has 5 N–H and O–H groups in total. The highest BCUT2D eigenvalue weighted by Gasteiger charge is 2.80. The maximum Gasteiger partial charge on any atom is 0.516 e. The van der Waals surface area contributed by atoms with Gasteiger partial charge in [0, 0.05) is 80.9 Å². The number of nitrogens with one attached hydrogen (secondary N) is 1. The Hall–Kier alpha value is -10.6. The summed E-state index contributed by atoms with van der Waals surface area (Å²) in [5.41, 5.74) is -12.4. The first-order chi connectivity index (χ1) is 57.6. The van der Waals surface area contributed by atoms with Crippen molar-refractivity contribution in [2.24, 2.45) is 57.2 Å². The second kappa shape index (κ2) is 34.4. The third kappa shape index (κ3) is 16.8. The molecule has 4 bridgehead atoms. The molecular formula is C92H113N3O29. The summed E-state index contributed by atoms with van der Waals surface area (Å²) in [6.07, 6.45) is -14.0. The Balaban J connectivity index is 0.000000199. The minimum atomic E-state index is -2.12. The van der Waals surface area contributed by atoms with Crippen LogP contribution in [0, 0.1) is 67.3 Å². The molecule has 2 unspecified atom stereocenters. The average molecular weight is 1720 g/mol. The number of hydrogen-bond acceptors (Lipinski definition) is 29. The zero-order valence-corrected chi connectivity index (χ0v) is 73.5. The van der Waals surface area contributed by atoms with Crippen molar-refractivity contribution in [3.05, 3.63) is 170 Å². The number of nitro benzene ring substituents is 1. The first-order valence-corrected chi connectivity index (χ1v) is 41.5. The van der Waals surface area contributed by atoms with Gasteiger partial charge in [-0.25, -0.2) is 33.7 Å². The van der Waals surface area contributed by atoms with Crippen molar-refractivity contribution in [2.75, 3.05) is 19.8 Å². The van der Waals surface area contributed by atoms with Gasteiger partial charge < -0.3 is 77.8 Å². The Morgan fingerprint density at radius 2 is 1.03 bits per heavy atom. The van der Waals surface area contributed by atoms with Crippen LogP contribution in [0.3, 0.4) is 0 Å². The number of carbonyl (C=O) groups is 12. The summed E-state index contributed by atoms with van der Waals surface area (Å²) in [6.45, 7) is 32.4. The van der Waals surface area contributed by atoms with Gasteiger partial charge in [-0.2, -0.15) is 0 Å². The summed E-state index contributed by atoms with van der Waals surface area (Å²) < 4.78 is 64.0. The predicted octanol–water partition coefficient (Wildman–Crippen LogP) is 11.5. The van der Waals surface area contributed by atoms with E-state index < -0.39 is 204 Å². The summed E-state index contributed by atoms with van der Waals surface area (Å²) in [7, 11) is 0. The van der Waals surface area contributed by atoms with Crippen molar-refractivity contribution >= 4 is 77.3 Å². The molecule has 3 aliphatic heterocycles. The zero-order valence-electron chi connectivity index (χ0n) is 73.5. The molecule has 21 atom stereocenters. The molecule has 32 nitrogen and oxygen atoms in total. The van der Waals surface area contributed by atoms with E-state index in [4.69, 9.17) is 52.1 Å². The van der Waals surface area contributed by atoms with Gasteiger partial charge in [0.05, 0.1) is 87.6 Å². The molecule has 4 saturated carbocycles. The van der Waals surface area contributed by atoms with Crippen LogP contribution in [0.4, 0.5) is 20.1 Å². The van der Waals surface area contributed by atoms with Crippen molar-refractivity contribution in [3.63, 3.8) is 0 Å². The minimum Gasteiger partial charge on any atom is -0.457 e. The number of nitro groups is 1. The van der Waals surface area contributed by atoms with Crippen LogP contribution in [0.1, 0.15) is 207 Å². The largest absolute Gasteiger partial charge is 0.516 e. The Morgan fingerprint density at radius 1 is 0.589 bits per heavy atom. The lowest BCUT2D eigenvalue weighted by Crippen LogP contribution is -2.81. The number of aliphatic hydroxyl groups excluding tert-OH is 2. The molecule has 0 radical (unpaired) electrons. The number of likely N-dealkylation sites (tertiary alicyclic amines) is 1. The summed E-state index contributed by atoms with van der Waals surface area (Å²) in [6, 6.07) is 29.7. The Kier molecular flexibility index (Phi) is 26.1. The fraction of sp³-hybridized carbons (Fsp3) is 0.565. The molecule has 7 fully saturated rings. The van der Waals surface area contributed by atoms with Crippen LogP contribution in [0.25, 0.3) is 0 Å². The Bertz CT molecular complexity index is 4940. The third-order valence-corrected chi connectivity index (χ3v) is 26.9. The summed E-state index contributed by atoms with van der Waals surface area (Å²) in [5, 5.41) is 63.4. The third-order valence-electron chi connectivity index (χ3n) is 26.9. The predicted molar refractivity (Wildman–Crippen MR) is 438 cm³/mol. The quantitative estimate of drug-likeness (QED) is 0.0149. The number of ether oxygens (including phenoxy) is 11. The number of nitrogens with zero attached hydrogens (tertiary/aromatic N) is 2. The van der Waals surface area contributed by atoms with Crippen molar-refractivity contribution in [1.82, 2.24) is 10.2 Å². The lowest BCUT2D eigenvalue weighted by molar-refractivity contribution is -0.384. The van der Waals surface area contributed by atoms with Gasteiger partial charge in [-0.3, -0.25) is 38.9 Å². The average Bonchev–Trinajstić information content (AvgIpc) is 0.671. The van der Waals surface area contributed by atoms with Crippen molar-refractivity contribution in [2.45, 2.75) is 253 Å². The number of benzene rings is 4. The molecular weight excluding hydrogens is 1610 g/mol. The van der Waals surface area contributed by atoms with Crippen LogP contribution in [-0.2, 0) is 80.9 Å². The number of fused-ring (bicyclic) bond motifs is 10. The topological polar surface area (TPSA) is 446 Å². The number of alkyl carbamates (subject to hydrolysis) is 1. The van der Waals surface area contributed by atoms with E-state index in [1.807, 2.05) is 37.3 Å².